The van der Waals surface area contributed by atoms with Crippen LogP contribution in [0.15, 0.2) is 48.5 Å². The van der Waals surface area contributed by atoms with Crippen LogP contribution in [-0.4, -0.2) is 0 Å². The molecule has 0 aliphatic rings. The van der Waals surface area contributed by atoms with Crippen molar-refractivity contribution in [3.63, 3.8) is 0 Å². The van der Waals surface area contributed by atoms with Crippen molar-refractivity contribution < 1.29 is 9.47 Å². The molecule has 0 N–H and O–H groups in total. The molecule has 0 bridgehead atoms. The molecule has 0 saturated carbocycles. The Kier molecular flexibility index (Phi) is 3.88. The fourth-order valence-corrected chi connectivity index (χ4v) is 1.56. The van der Waals surface area contributed by atoms with Gasteiger partial charge in [-0.15, -0.1) is 0 Å². The SMILES string of the molecule is C#COc1ccccc1OCc1ccc(C)cc1. The van der Waals surface area contributed by atoms with Gasteiger partial charge in [0.15, 0.2) is 11.5 Å². The summed E-state index contributed by atoms with van der Waals surface area (Å²) >= 11 is 0. The Bertz CT molecular complexity index is 550. The molecule has 0 aliphatic carbocycles. The van der Waals surface area contributed by atoms with Crippen molar-refractivity contribution in [2.75, 3.05) is 0 Å². The molecule has 0 aromatic heterocycles. The van der Waals surface area contributed by atoms with Crippen LogP contribution in [0.3, 0.4) is 0 Å². The first-order valence-corrected chi connectivity index (χ1v) is 5.69. The summed E-state index contributed by atoms with van der Waals surface area (Å²) in [6, 6.07) is 15.6. The summed E-state index contributed by atoms with van der Waals surface area (Å²) in [6.45, 7) is 2.55. The van der Waals surface area contributed by atoms with E-state index in [1.54, 1.807) is 6.07 Å². The van der Waals surface area contributed by atoms with Gasteiger partial charge in [0.05, 0.1) is 0 Å². The fourth-order valence-electron chi connectivity index (χ4n) is 1.56. The van der Waals surface area contributed by atoms with E-state index >= 15 is 0 Å². The molecular formula is C16H14O2. The Morgan fingerprint density at radius 2 is 1.67 bits per heavy atom. The Balaban J connectivity index is 2.06. The summed E-state index contributed by atoms with van der Waals surface area (Å²) in [5, 5.41) is 0. The summed E-state index contributed by atoms with van der Waals surface area (Å²) in [4.78, 5) is 0. The van der Waals surface area contributed by atoms with E-state index in [0.717, 1.165) is 5.56 Å². The minimum Gasteiger partial charge on any atom is -0.485 e. The fraction of sp³-hybridized carbons (Fsp3) is 0.125. The van der Waals surface area contributed by atoms with Crippen LogP contribution in [0.25, 0.3) is 0 Å². The average molecular weight is 238 g/mol. The van der Waals surface area contributed by atoms with Crippen LogP contribution in [-0.2, 0) is 6.61 Å². The van der Waals surface area contributed by atoms with Crippen LogP contribution in [0.5, 0.6) is 11.5 Å². The number of rotatable bonds is 4. The summed E-state index contributed by atoms with van der Waals surface area (Å²) in [7, 11) is 0. The lowest BCUT2D eigenvalue weighted by Crippen LogP contribution is -1.97. The minimum absolute atomic E-state index is 0.491. The number of benzene rings is 2. The second-order valence-corrected chi connectivity index (χ2v) is 3.94. The molecule has 2 rings (SSSR count). The lowest BCUT2D eigenvalue weighted by molar-refractivity contribution is 0.293. The van der Waals surface area contributed by atoms with Crippen molar-refractivity contribution in [3.05, 3.63) is 59.7 Å². The molecule has 2 heteroatoms. The molecule has 0 spiro atoms. The molecule has 0 amide bonds. The van der Waals surface area contributed by atoms with Crippen LogP contribution >= 0.6 is 0 Å². The summed E-state index contributed by atoms with van der Waals surface area (Å²) in [6.07, 6.45) is 7.28. The monoisotopic (exact) mass is 238 g/mol. The van der Waals surface area contributed by atoms with Gasteiger partial charge >= 0.3 is 0 Å². The van der Waals surface area contributed by atoms with Crippen LogP contribution in [0.2, 0.25) is 0 Å². The molecule has 18 heavy (non-hydrogen) atoms. The van der Waals surface area contributed by atoms with Gasteiger partial charge in [0.25, 0.3) is 0 Å². The highest BCUT2D eigenvalue weighted by molar-refractivity contribution is 5.40. The molecule has 0 saturated heterocycles. The molecule has 0 aliphatic heterocycles. The van der Waals surface area contributed by atoms with Crippen LogP contribution < -0.4 is 9.47 Å². The summed E-state index contributed by atoms with van der Waals surface area (Å²) < 4.78 is 10.7. The van der Waals surface area contributed by atoms with Gasteiger partial charge < -0.3 is 9.47 Å². The third kappa shape index (κ3) is 3.05. The minimum atomic E-state index is 0.491. The Hall–Kier alpha value is -2.40. The highest BCUT2D eigenvalue weighted by Gasteiger charge is 2.03. The van der Waals surface area contributed by atoms with Gasteiger partial charge in [-0.1, -0.05) is 48.4 Å². The second-order valence-electron chi connectivity index (χ2n) is 3.94. The average Bonchev–Trinajstić information content (AvgIpc) is 2.40. The van der Waals surface area contributed by atoms with E-state index in [-0.39, 0.29) is 0 Å². The lowest BCUT2D eigenvalue weighted by atomic mass is 10.2. The zero-order chi connectivity index (χ0) is 12.8. The standard InChI is InChI=1S/C16H14O2/c1-3-17-15-6-4-5-7-16(15)18-12-14-10-8-13(2)9-11-14/h1,4-11H,12H2,2H3. The van der Waals surface area contributed by atoms with Crippen LogP contribution in [0, 0.1) is 19.5 Å². The van der Waals surface area contributed by atoms with E-state index in [9.17, 15) is 0 Å². The molecule has 0 unspecified atom stereocenters. The first-order valence-electron chi connectivity index (χ1n) is 5.69. The van der Waals surface area contributed by atoms with E-state index in [0.29, 0.717) is 18.1 Å². The van der Waals surface area contributed by atoms with Crippen LogP contribution in [0.1, 0.15) is 11.1 Å². The van der Waals surface area contributed by atoms with E-state index in [1.165, 1.54) is 5.56 Å². The quantitative estimate of drug-likeness (QED) is 0.758. The molecule has 0 radical (unpaired) electrons. The maximum absolute atomic E-state index is 5.70. The lowest BCUT2D eigenvalue weighted by Gasteiger charge is -2.09. The smallest absolute Gasteiger partial charge is 0.182 e. The van der Waals surface area contributed by atoms with Crippen molar-refractivity contribution >= 4 is 0 Å². The van der Waals surface area contributed by atoms with Gasteiger partial charge in [-0.3, -0.25) is 0 Å². The second kappa shape index (κ2) is 5.79. The van der Waals surface area contributed by atoms with Gasteiger partial charge in [-0.2, -0.15) is 0 Å². The van der Waals surface area contributed by atoms with Gasteiger partial charge in [0.1, 0.15) is 12.7 Å². The zero-order valence-corrected chi connectivity index (χ0v) is 10.2. The maximum atomic E-state index is 5.70. The highest BCUT2D eigenvalue weighted by Crippen LogP contribution is 2.26. The van der Waals surface area contributed by atoms with Gasteiger partial charge in [-0.05, 0) is 24.6 Å². The predicted octanol–water partition coefficient (Wildman–Crippen LogP) is 3.54. The highest BCUT2D eigenvalue weighted by atomic mass is 16.5. The molecule has 0 fully saturated rings. The first-order chi connectivity index (χ1) is 8.79. The van der Waals surface area contributed by atoms with Crippen molar-refractivity contribution in [1.29, 1.82) is 0 Å². The van der Waals surface area contributed by atoms with Crippen molar-refractivity contribution in [2.45, 2.75) is 13.5 Å². The van der Waals surface area contributed by atoms with Gasteiger partial charge in [0, 0.05) is 0 Å². The normalized spacial score (nSPS) is 9.56. The molecule has 90 valence electrons. The van der Waals surface area contributed by atoms with Crippen molar-refractivity contribution in [2.24, 2.45) is 0 Å². The molecule has 2 aromatic rings. The van der Waals surface area contributed by atoms with Crippen molar-refractivity contribution in [3.8, 4) is 24.0 Å². The molecule has 0 atom stereocenters. The molecule has 2 nitrogen and oxygen atoms in total. The maximum Gasteiger partial charge on any atom is 0.182 e. The number of terminal acetylenes is 1. The number of ether oxygens (including phenoxy) is 2. The van der Waals surface area contributed by atoms with Crippen LogP contribution in [0.4, 0.5) is 0 Å². The number of hydrogen-bond donors (Lipinski definition) is 0. The summed E-state index contributed by atoms with van der Waals surface area (Å²) in [5.41, 5.74) is 2.34. The Morgan fingerprint density at radius 1 is 1.00 bits per heavy atom. The molecular weight excluding hydrogens is 224 g/mol. The number of hydrogen-bond acceptors (Lipinski definition) is 2. The van der Waals surface area contributed by atoms with E-state index in [1.807, 2.05) is 30.3 Å². The molecule has 2 aromatic carbocycles. The predicted molar refractivity (Wildman–Crippen MR) is 71.4 cm³/mol. The Labute approximate surface area is 107 Å². The van der Waals surface area contributed by atoms with E-state index < -0.39 is 0 Å². The number of aryl methyl sites for hydroxylation is 1. The van der Waals surface area contributed by atoms with E-state index in [2.05, 4.69) is 25.2 Å². The van der Waals surface area contributed by atoms with Gasteiger partial charge in [0.2, 0.25) is 0 Å². The largest absolute Gasteiger partial charge is 0.485 e. The first kappa shape index (κ1) is 12.1. The Morgan fingerprint density at radius 3 is 2.33 bits per heavy atom. The summed E-state index contributed by atoms with van der Waals surface area (Å²) in [5.74, 6) is 1.21. The van der Waals surface area contributed by atoms with Gasteiger partial charge in [-0.25, -0.2) is 0 Å². The topological polar surface area (TPSA) is 18.5 Å². The van der Waals surface area contributed by atoms with Crippen molar-refractivity contribution in [1.82, 2.24) is 0 Å². The zero-order valence-electron chi connectivity index (χ0n) is 10.2. The third-order valence-corrected chi connectivity index (χ3v) is 2.53. The molecule has 0 heterocycles. The third-order valence-electron chi connectivity index (χ3n) is 2.53. The number of para-hydroxylation sites is 2. The van der Waals surface area contributed by atoms with E-state index in [4.69, 9.17) is 15.9 Å².